The molecule has 0 amide bonds. The summed E-state index contributed by atoms with van der Waals surface area (Å²) in [6.07, 6.45) is 2.04. The van der Waals surface area contributed by atoms with Gasteiger partial charge in [0.25, 0.3) is 0 Å². The zero-order chi connectivity index (χ0) is 13.4. The average Bonchev–Trinajstić information content (AvgIpc) is 2.39. The van der Waals surface area contributed by atoms with E-state index in [-0.39, 0.29) is 0 Å². The number of nitrogens with zero attached hydrogens (tertiary/aromatic N) is 1. The second-order valence-corrected chi connectivity index (χ2v) is 4.50. The third kappa shape index (κ3) is 4.57. The number of rotatable bonds is 8. The number of hydrogen-bond acceptors (Lipinski definition) is 3. The highest BCUT2D eigenvalue weighted by atomic mass is 16.5. The first kappa shape index (κ1) is 14.8. The molecular formula is C15H26N2O. The maximum absolute atomic E-state index is 5.99. The van der Waals surface area contributed by atoms with E-state index in [2.05, 4.69) is 31.7 Å². The molecule has 0 fully saturated rings. The molecule has 0 unspecified atom stereocenters. The minimum atomic E-state index is 0.725. The Balaban J connectivity index is 2.55. The van der Waals surface area contributed by atoms with Crippen LogP contribution in [-0.4, -0.2) is 31.1 Å². The van der Waals surface area contributed by atoms with Crippen LogP contribution in [0.4, 0.5) is 5.69 Å². The molecule has 0 aliphatic heterocycles. The molecule has 0 saturated carbocycles. The van der Waals surface area contributed by atoms with Gasteiger partial charge in [0.15, 0.2) is 0 Å². The Bertz CT molecular complexity index is 348. The van der Waals surface area contributed by atoms with Crippen molar-refractivity contribution in [3.05, 3.63) is 23.8 Å². The Kier molecular flexibility index (Phi) is 6.58. The second kappa shape index (κ2) is 7.98. The van der Waals surface area contributed by atoms with Crippen molar-refractivity contribution in [2.24, 2.45) is 0 Å². The summed E-state index contributed by atoms with van der Waals surface area (Å²) in [5.41, 5.74) is 8.03. The Morgan fingerprint density at radius 1 is 1.17 bits per heavy atom. The molecule has 0 aliphatic rings. The summed E-state index contributed by atoms with van der Waals surface area (Å²) < 4.78 is 5.57. The van der Waals surface area contributed by atoms with Gasteiger partial charge >= 0.3 is 0 Å². The largest absolute Gasteiger partial charge is 0.491 e. The van der Waals surface area contributed by atoms with E-state index in [0.717, 1.165) is 50.5 Å². The molecular weight excluding hydrogens is 224 g/mol. The quantitative estimate of drug-likeness (QED) is 0.721. The molecule has 0 aliphatic carbocycles. The van der Waals surface area contributed by atoms with Gasteiger partial charge in [0.05, 0.1) is 12.3 Å². The zero-order valence-corrected chi connectivity index (χ0v) is 11.9. The van der Waals surface area contributed by atoms with Crippen LogP contribution in [0.15, 0.2) is 18.2 Å². The molecule has 2 N–H and O–H groups in total. The zero-order valence-electron chi connectivity index (χ0n) is 11.9. The molecule has 3 heteroatoms. The van der Waals surface area contributed by atoms with Crippen molar-refractivity contribution >= 4 is 5.69 Å². The Morgan fingerprint density at radius 2 is 1.89 bits per heavy atom. The highest BCUT2D eigenvalue weighted by molar-refractivity contribution is 5.54. The summed E-state index contributed by atoms with van der Waals surface area (Å²) in [6, 6.07) is 6.14. The lowest BCUT2D eigenvalue weighted by Crippen LogP contribution is -2.25. The molecule has 1 aromatic rings. The molecule has 1 rings (SSSR count). The maximum atomic E-state index is 5.99. The highest BCUT2D eigenvalue weighted by Crippen LogP contribution is 2.23. The SMILES string of the molecule is CCCOc1ccc(CCN(CC)CC)cc1N. The van der Waals surface area contributed by atoms with E-state index < -0.39 is 0 Å². The molecule has 0 heterocycles. The standard InChI is InChI=1S/C15H26N2O/c1-4-11-18-15-8-7-13(12-14(15)16)9-10-17(5-2)6-3/h7-8,12H,4-6,9-11,16H2,1-3H3. The fraction of sp³-hybridized carbons (Fsp3) is 0.600. The van der Waals surface area contributed by atoms with Crippen LogP contribution >= 0.6 is 0 Å². The maximum Gasteiger partial charge on any atom is 0.142 e. The van der Waals surface area contributed by atoms with Gasteiger partial charge in [-0.2, -0.15) is 0 Å². The van der Waals surface area contributed by atoms with Crippen molar-refractivity contribution in [3.63, 3.8) is 0 Å². The average molecular weight is 250 g/mol. The Labute approximate surface area is 111 Å². The first-order chi connectivity index (χ1) is 8.71. The molecule has 1 aromatic carbocycles. The predicted molar refractivity (Wildman–Crippen MR) is 78.1 cm³/mol. The first-order valence-electron chi connectivity index (χ1n) is 6.94. The molecule has 0 spiro atoms. The molecule has 0 radical (unpaired) electrons. The van der Waals surface area contributed by atoms with Crippen LogP contribution in [0.2, 0.25) is 0 Å². The number of anilines is 1. The number of hydrogen-bond donors (Lipinski definition) is 1. The van der Waals surface area contributed by atoms with E-state index in [0.29, 0.717) is 0 Å². The van der Waals surface area contributed by atoms with Gasteiger partial charge < -0.3 is 15.4 Å². The van der Waals surface area contributed by atoms with Gasteiger partial charge in [0, 0.05) is 6.54 Å². The van der Waals surface area contributed by atoms with E-state index in [9.17, 15) is 0 Å². The van der Waals surface area contributed by atoms with Crippen molar-refractivity contribution in [3.8, 4) is 5.75 Å². The van der Waals surface area contributed by atoms with Crippen LogP contribution in [0.1, 0.15) is 32.8 Å². The highest BCUT2D eigenvalue weighted by Gasteiger charge is 2.04. The van der Waals surface area contributed by atoms with Crippen LogP contribution in [0.25, 0.3) is 0 Å². The Hall–Kier alpha value is -1.22. The molecule has 0 saturated heterocycles. The van der Waals surface area contributed by atoms with Gasteiger partial charge in [-0.25, -0.2) is 0 Å². The van der Waals surface area contributed by atoms with E-state index in [4.69, 9.17) is 10.5 Å². The summed E-state index contributed by atoms with van der Waals surface area (Å²) in [5.74, 6) is 0.809. The number of nitrogens with two attached hydrogens (primary N) is 1. The normalized spacial score (nSPS) is 10.9. The van der Waals surface area contributed by atoms with Crippen LogP contribution in [0.3, 0.4) is 0 Å². The van der Waals surface area contributed by atoms with E-state index in [1.54, 1.807) is 0 Å². The second-order valence-electron chi connectivity index (χ2n) is 4.50. The van der Waals surface area contributed by atoms with Gasteiger partial charge in [-0.15, -0.1) is 0 Å². The monoisotopic (exact) mass is 250 g/mol. The van der Waals surface area contributed by atoms with Crippen molar-refractivity contribution in [1.29, 1.82) is 0 Å². The van der Waals surface area contributed by atoms with Crippen LogP contribution in [0, 0.1) is 0 Å². The van der Waals surface area contributed by atoms with E-state index >= 15 is 0 Å². The van der Waals surface area contributed by atoms with Gasteiger partial charge in [-0.3, -0.25) is 0 Å². The predicted octanol–water partition coefficient (Wildman–Crippen LogP) is 2.94. The van der Waals surface area contributed by atoms with Gasteiger partial charge in [0.2, 0.25) is 0 Å². The van der Waals surface area contributed by atoms with E-state index in [1.807, 2.05) is 12.1 Å². The van der Waals surface area contributed by atoms with Crippen LogP contribution in [-0.2, 0) is 6.42 Å². The molecule has 0 bridgehead atoms. The minimum Gasteiger partial charge on any atom is -0.491 e. The summed E-state index contributed by atoms with van der Waals surface area (Å²) in [6.45, 7) is 10.5. The van der Waals surface area contributed by atoms with Crippen molar-refractivity contribution in [2.75, 3.05) is 32.0 Å². The third-order valence-electron chi connectivity index (χ3n) is 3.15. The third-order valence-corrected chi connectivity index (χ3v) is 3.15. The van der Waals surface area contributed by atoms with Crippen molar-refractivity contribution < 1.29 is 4.74 Å². The van der Waals surface area contributed by atoms with Crippen molar-refractivity contribution in [2.45, 2.75) is 33.6 Å². The lowest BCUT2D eigenvalue weighted by Gasteiger charge is -2.18. The first-order valence-corrected chi connectivity index (χ1v) is 6.94. The van der Waals surface area contributed by atoms with Gasteiger partial charge in [-0.1, -0.05) is 26.8 Å². The fourth-order valence-corrected chi connectivity index (χ4v) is 1.92. The lowest BCUT2D eigenvalue weighted by molar-refractivity contribution is 0.307. The van der Waals surface area contributed by atoms with Gasteiger partial charge in [-0.05, 0) is 43.6 Å². The number of likely N-dealkylation sites (N-methyl/N-ethyl adjacent to an activating group) is 1. The Morgan fingerprint density at radius 3 is 2.44 bits per heavy atom. The molecule has 102 valence electrons. The molecule has 0 atom stereocenters. The lowest BCUT2D eigenvalue weighted by atomic mass is 10.1. The summed E-state index contributed by atoms with van der Waals surface area (Å²) in [5, 5.41) is 0. The van der Waals surface area contributed by atoms with Crippen LogP contribution < -0.4 is 10.5 Å². The summed E-state index contributed by atoms with van der Waals surface area (Å²) in [4.78, 5) is 2.41. The minimum absolute atomic E-state index is 0.725. The van der Waals surface area contributed by atoms with Gasteiger partial charge in [0.1, 0.15) is 5.75 Å². The topological polar surface area (TPSA) is 38.5 Å². The fourth-order valence-electron chi connectivity index (χ4n) is 1.92. The number of ether oxygens (including phenoxy) is 1. The number of benzene rings is 1. The summed E-state index contributed by atoms with van der Waals surface area (Å²) >= 11 is 0. The number of nitrogen functional groups attached to an aromatic ring is 1. The van der Waals surface area contributed by atoms with Crippen LogP contribution in [0.5, 0.6) is 5.75 Å². The van der Waals surface area contributed by atoms with E-state index in [1.165, 1.54) is 5.56 Å². The van der Waals surface area contributed by atoms with Crippen molar-refractivity contribution in [1.82, 2.24) is 4.90 Å². The molecule has 18 heavy (non-hydrogen) atoms. The smallest absolute Gasteiger partial charge is 0.142 e. The molecule has 0 aromatic heterocycles. The molecule has 3 nitrogen and oxygen atoms in total. The summed E-state index contributed by atoms with van der Waals surface area (Å²) in [7, 11) is 0.